The van der Waals surface area contributed by atoms with E-state index < -0.39 is 0 Å². The molecule has 0 aliphatic rings. The van der Waals surface area contributed by atoms with Gasteiger partial charge in [0.1, 0.15) is 0 Å². The lowest BCUT2D eigenvalue weighted by Gasteiger charge is -2.08. The van der Waals surface area contributed by atoms with Crippen molar-refractivity contribution in [3.05, 3.63) is 48.5 Å². The van der Waals surface area contributed by atoms with Crippen molar-refractivity contribution in [2.45, 2.75) is 13.8 Å². The van der Waals surface area contributed by atoms with Crippen LogP contribution in [0.2, 0.25) is 0 Å². The Morgan fingerprint density at radius 1 is 1.31 bits per heavy atom. The van der Waals surface area contributed by atoms with Crippen LogP contribution in [0.25, 0.3) is 0 Å². The minimum Gasteiger partial charge on any atom is -0.398 e. The molecule has 0 spiro atoms. The molecule has 0 fully saturated rings. The smallest absolute Gasteiger partial charge is 0.0478 e. The molecule has 0 radical (unpaired) electrons. The Bertz CT molecular complexity index is 243. The fraction of sp³-hybridized carbons (Fsp3) is 0.273. The van der Waals surface area contributed by atoms with Gasteiger partial charge in [0.2, 0.25) is 0 Å². The van der Waals surface area contributed by atoms with Crippen molar-refractivity contribution in [3.8, 4) is 0 Å². The van der Waals surface area contributed by atoms with E-state index in [1.165, 1.54) is 5.57 Å². The molecule has 2 heteroatoms. The highest BCUT2D eigenvalue weighted by Gasteiger charge is 1.86. The fourth-order valence-corrected chi connectivity index (χ4v) is 0.902. The first-order valence-corrected chi connectivity index (χ1v) is 4.19. The second-order valence-electron chi connectivity index (χ2n) is 3.10. The molecular weight excluding hydrogens is 160 g/mol. The first kappa shape index (κ1) is 11.6. The first-order valence-electron chi connectivity index (χ1n) is 4.19. The quantitative estimate of drug-likeness (QED) is 0.670. The number of hydrogen-bond donors (Lipinski definition) is 1. The third kappa shape index (κ3) is 6.94. The molecule has 0 aromatic carbocycles. The predicted octanol–water partition coefficient (Wildman–Crippen LogP) is 2.38. The van der Waals surface area contributed by atoms with Crippen molar-refractivity contribution in [3.63, 3.8) is 0 Å². The molecule has 0 rings (SSSR count). The number of rotatable bonds is 4. The maximum Gasteiger partial charge on any atom is 0.0478 e. The van der Waals surface area contributed by atoms with Gasteiger partial charge in [0, 0.05) is 25.1 Å². The molecule has 72 valence electrons. The molecule has 0 unspecified atom stereocenters. The van der Waals surface area contributed by atoms with Crippen LogP contribution in [-0.2, 0) is 0 Å². The second kappa shape index (κ2) is 6.12. The lowest BCUT2D eigenvalue weighted by atomic mass is 10.3. The van der Waals surface area contributed by atoms with E-state index in [9.17, 15) is 0 Å². The van der Waals surface area contributed by atoms with Gasteiger partial charge in [-0.2, -0.15) is 0 Å². The van der Waals surface area contributed by atoms with Gasteiger partial charge < -0.3 is 10.6 Å². The zero-order chi connectivity index (χ0) is 10.3. The van der Waals surface area contributed by atoms with Gasteiger partial charge in [-0.1, -0.05) is 24.3 Å². The maximum atomic E-state index is 5.69. The summed E-state index contributed by atoms with van der Waals surface area (Å²) in [6.45, 7) is 7.65. The van der Waals surface area contributed by atoms with Gasteiger partial charge in [-0.3, -0.25) is 0 Å². The highest BCUT2D eigenvalue weighted by Crippen LogP contribution is 1.96. The van der Waals surface area contributed by atoms with E-state index in [1.54, 1.807) is 6.08 Å². The van der Waals surface area contributed by atoms with Gasteiger partial charge in [-0.25, -0.2) is 0 Å². The zero-order valence-electron chi connectivity index (χ0n) is 8.62. The summed E-state index contributed by atoms with van der Waals surface area (Å²) in [7, 11) is 1.95. The summed E-state index contributed by atoms with van der Waals surface area (Å²) < 4.78 is 0. The molecule has 2 nitrogen and oxygen atoms in total. The van der Waals surface area contributed by atoms with Crippen molar-refractivity contribution in [1.82, 2.24) is 4.90 Å². The Labute approximate surface area is 80.7 Å². The highest BCUT2D eigenvalue weighted by atomic mass is 15.1. The van der Waals surface area contributed by atoms with Crippen LogP contribution in [0.5, 0.6) is 0 Å². The molecule has 0 aliphatic heterocycles. The molecule has 0 heterocycles. The van der Waals surface area contributed by atoms with E-state index in [0.29, 0.717) is 5.70 Å². The van der Waals surface area contributed by atoms with E-state index >= 15 is 0 Å². The lowest BCUT2D eigenvalue weighted by Crippen LogP contribution is -2.06. The number of nitrogens with zero attached hydrogens (tertiary/aromatic N) is 1. The summed E-state index contributed by atoms with van der Waals surface area (Å²) in [4.78, 5) is 1.93. The topological polar surface area (TPSA) is 29.3 Å². The fourth-order valence-electron chi connectivity index (χ4n) is 0.902. The molecule has 0 bridgehead atoms. The summed E-state index contributed by atoms with van der Waals surface area (Å²) in [6.07, 6.45) is 9.17. The Morgan fingerprint density at radius 2 is 1.92 bits per heavy atom. The van der Waals surface area contributed by atoms with Crippen LogP contribution in [0.4, 0.5) is 0 Å². The molecule has 0 aliphatic carbocycles. The number of hydrogen-bond acceptors (Lipinski definition) is 2. The van der Waals surface area contributed by atoms with Gasteiger partial charge >= 0.3 is 0 Å². The summed E-state index contributed by atoms with van der Waals surface area (Å²) in [6, 6.07) is 0. The van der Waals surface area contributed by atoms with Crippen LogP contribution < -0.4 is 5.73 Å². The first-order chi connectivity index (χ1) is 6.06. The van der Waals surface area contributed by atoms with Crippen LogP contribution in [0.3, 0.4) is 0 Å². The van der Waals surface area contributed by atoms with E-state index in [4.69, 9.17) is 5.73 Å². The molecule has 0 amide bonds. The summed E-state index contributed by atoms with van der Waals surface area (Å²) in [5.74, 6) is 0. The summed E-state index contributed by atoms with van der Waals surface area (Å²) in [5, 5.41) is 0. The Hall–Kier alpha value is -1.44. The third-order valence-corrected chi connectivity index (χ3v) is 1.24. The van der Waals surface area contributed by atoms with E-state index in [0.717, 1.165) is 0 Å². The van der Waals surface area contributed by atoms with Crippen molar-refractivity contribution < 1.29 is 0 Å². The lowest BCUT2D eigenvalue weighted by molar-refractivity contribution is 0.613. The molecule has 0 saturated carbocycles. The molecule has 0 aromatic rings. The minimum atomic E-state index is 0.708. The molecule has 0 atom stereocenters. The molecular formula is C11H18N2. The van der Waals surface area contributed by atoms with Crippen LogP contribution >= 0.6 is 0 Å². The SMILES string of the molecule is C=C/C=C\C(N)=C/N(C)C=C(C)C. The Balaban J connectivity index is 4.29. The molecule has 13 heavy (non-hydrogen) atoms. The number of allylic oxidation sites excluding steroid dienone is 4. The van der Waals surface area contributed by atoms with Crippen LogP contribution in [-0.4, -0.2) is 11.9 Å². The van der Waals surface area contributed by atoms with Crippen molar-refractivity contribution >= 4 is 0 Å². The molecule has 0 saturated heterocycles. The monoisotopic (exact) mass is 178 g/mol. The standard InChI is InChI=1S/C11H18N2/c1-5-6-7-11(12)9-13(4)8-10(2)3/h5-9H,1,12H2,2-4H3/b7-6-,11-9+. The minimum absolute atomic E-state index is 0.708. The van der Waals surface area contributed by atoms with Crippen molar-refractivity contribution in [2.75, 3.05) is 7.05 Å². The van der Waals surface area contributed by atoms with Crippen molar-refractivity contribution in [1.29, 1.82) is 0 Å². The summed E-state index contributed by atoms with van der Waals surface area (Å²) >= 11 is 0. The van der Waals surface area contributed by atoms with Crippen LogP contribution in [0.15, 0.2) is 48.5 Å². The number of nitrogens with two attached hydrogens (primary N) is 1. The van der Waals surface area contributed by atoms with Crippen LogP contribution in [0, 0.1) is 0 Å². The normalized spacial score (nSPS) is 11.5. The average Bonchev–Trinajstić information content (AvgIpc) is 1.98. The largest absolute Gasteiger partial charge is 0.398 e. The van der Waals surface area contributed by atoms with Gasteiger partial charge in [0.25, 0.3) is 0 Å². The van der Waals surface area contributed by atoms with Gasteiger partial charge in [-0.05, 0) is 19.9 Å². The Morgan fingerprint density at radius 3 is 2.38 bits per heavy atom. The van der Waals surface area contributed by atoms with Crippen LogP contribution in [0.1, 0.15) is 13.8 Å². The third-order valence-electron chi connectivity index (χ3n) is 1.24. The van der Waals surface area contributed by atoms with E-state index in [2.05, 4.69) is 6.58 Å². The molecule has 0 aromatic heterocycles. The molecule has 2 N–H and O–H groups in total. The average molecular weight is 178 g/mol. The van der Waals surface area contributed by atoms with Gasteiger partial charge in [0.15, 0.2) is 0 Å². The predicted molar refractivity (Wildman–Crippen MR) is 58.8 cm³/mol. The zero-order valence-corrected chi connectivity index (χ0v) is 8.62. The Kier molecular flexibility index (Phi) is 5.44. The van der Waals surface area contributed by atoms with Crippen molar-refractivity contribution in [2.24, 2.45) is 5.73 Å². The van der Waals surface area contributed by atoms with Gasteiger partial charge in [-0.15, -0.1) is 0 Å². The maximum absolute atomic E-state index is 5.69. The van der Waals surface area contributed by atoms with E-state index in [1.807, 2.05) is 50.3 Å². The highest BCUT2D eigenvalue weighted by molar-refractivity contribution is 5.18. The summed E-state index contributed by atoms with van der Waals surface area (Å²) in [5.41, 5.74) is 7.64. The second-order valence-corrected chi connectivity index (χ2v) is 3.10. The van der Waals surface area contributed by atoms with Gasteiger partial charge in [0.05, 0.1) is 0 Å². The van der Waals surface area contributed by atoms with E-state index in [-0.39, 0.29) is 0 Å².